The number of aromatic nitrogens is 5. The predicted molar refractivity (Wildman–Crippen MR) is 171 cm³/mol. The first-order chi connectivity index (χ1) is 21.7. The maximum Gasteiger partial charge on any atom is 0.244 e. The Bertz CT molecular complexity index is 1400. The van der Waals surface area contributed by atoms with Gasteiger partial charge in [0.2, 0.25) is 11.9 Å². The van der Waals surface area contributed by atoms with Gasteiger partial charge in [0.05, 0.1) is 25.3 Å². The van der Waals surface area contributed by atoms with E-state index < -0.39 is 0 Å². The van der Waals surface area contributed by atoms with Crippen LogP contribution in [0.4, 0.5) is 11.9 Å². The molecule has 0 saturated carbocycles. The number of hydrogen-bond acceptors (Lipinski definition) is 10. The van der Waals surface area contributed by atoms with Crippen molar-refractivity contribution in [2.45, 2.75) is 58.2 Å². The van der Waals surface area contributed by atoms with E-state index in [4.69, 9.17) is 29.4 Å². The molecular formula is C33H43N9O2. The highest BCUT2D eigenvalue weighted by Gasteiger charge is 2.36. The molecule has 2 saturated heterocycles. The van der Waals surface area contributed by atoms with Gasteiger partial charge in [-0.3, -0.25) is 4.90 Å². The average Bonchev–Trinajstić information content (AvgIpc) is 3.60. The third-order valence-electron chi connectivity index (χ3n) is 8.27. The zero-order valence-electron chi connectivity index (χ0n) is 25.8. The van der Waals surface area contributed by atoms with Crippen LogP contribution in [0.15, 0.2) is 73.6 Å². The Kier molecular flexibility index (Phi) is 9.83. The second kappa shape index (κ2) is 14.5. The van der Waals surface area contributed by atoms with E-state index in [2.05, 4.69) is 36.9 Å². The molecule has 2 fully saturated rings. The number of piperidine rings is 2. The summed E-state index contributed by atoms with van der Waals surface area (Å²) in [5.74, 6) is 3.07. The summed E-state index contributed by atoms with van der Waals surface area (Å²) in [6.45, 7) is 9.85. The van der Waals surface area contributed by atoms with E-state index in [0.717, 1.165) is 75.6 Å². The molecule has 232 valence electrons. The summed E-state index contributed by atoms with van der Waals surface area (Å²) in [6.07, 6.45) is 15.3. The fourth-order valence-corrected chi connectivity index (χ4v) is 6.32. The summed E-state index contributed by atoms with van der Waals surface area (Å²) in [5, 5.41) is 8.06. The first-order valence-electron chi connectivity index (χ1n) is 15.9. The molecular weight excluding hydrogens is 554 g/mol. The highest BCUT2D eigenvalue weighted by molar-refractivity contribution is 5.59. The van der Waals surface area contributed by atoms with Gasteiger partial charge in [-0.1, -0.05) is 0 Å². The number of hydrazine groups is 1. The standard InChI is InChI=1S/C33H43N9O2/c1-3-43-29-23-26(24-30(44-4-2)31(29)40-19-5-6-20-40)25-39-21-11-28(12-22-39)42(33-37-15-8-16-38-33)41(27-9-17-34-18-10-27)32-35-13-7-14-36-32/h5-8,13-16,19-20,23-24,27-28,34H,3-4,9-12,17-18,21-22,25H2,1-2H3. The molecule has 0 spiro atoms. The van der Waals surface area contributed by atoms with Crippen molar-refractivity contribution in [3.05, 3.63) is 79.1 Å². The number of rotatable bonds is 12. The molecule has 0 radical (unpaired) electrons. The van der Waals surface area contributed by atoms with Gasteiger partial charge in [0, 0.05) is 56.8 Å². The van der Waals surface area contributed by atoms with Crippen molar-refractivity contribution >= 4 is 11.9 Å². The van der Waals surface area contributed by atoms with E-state index in [1.165, 1.54) is 5.56 Å². The highest BCUT2D eigenvalue weighted by Crippen LogP contribution is 2.36. The number of hydrogen-bond donors (Lipinski definition) is 1. The Balaban J connectivity index is 1.24. The van der Waals surface area contributed by atoms with Crippen LogP contribution in [-0.2, 0) is 6.54 Å². The molecule has 11 nitrogen and oxygen atoms in total. The predicted octanol–water partition coefficient (Wildman–Crippen LogP) is 4.50. The van der Waals surface area contributed by atoms with Crippen molar-refractivity contribution in [3.63, 3.8) is 0 Å². The molecule has 0 aliphatic carbocycles. The van der Waals surface area contributed by atoms with Crippen LogP contribution in [0.1, 0.15) is 45.1 Å². The normalized spacial score (nSPS) is 16.5. The number of likely N-dealkylation sites (tertiary alicyclic amines) is 1. The van der Waals surface area contributed by atoms with Gasteiger partial charge < -0.3 is 19.4 Å². The number of ether oxygens (including phenoxy) is 2. The first kappa shape index (κ1) is 29.8. The molecule has 4 aromatic rings. The van der Waals surface area contributed by atoms with Crippen LogP contribution in [0.5, 0.6) is 11.5 Å². The largest absolute Gasteiger partial charge is 0.492 e. The molecule has 0 bridgehead atoms. The van der Waals surface area contributed by atoms with Crippen molar-refractivity contribution in [2.75, 3.05) is 49.4 Å². The molecule has 3 aromatic heterocycles. The number of benzene rings is 1. The summed E-state index contributed by atoms with van der Waals surface area (Å²) in [5.41, 5.74) is 2.13. The zero-order chi connectivity index (χ0) is 30.1. The van der Waals surface area contributed by atoms with Crippen LogP contribution >= 0.6 is 0 Å². The van der Waals surface area contributed by atoms with Crippen LogP contribution in [0, 0.1) is 0 Å². The van der Waals surface area contributed by atoms with Gasteiger partial charge in [-0.15, -0.1) is 0 Å². The fourth-order valence-electron chi connectivity index (χ4n) is 6.32. The van der Waals surface area contributed by atoms with Gasteiger partial charge >= 0.3 is 0 Å². The Labute approximate surface area is 259 Å². The van der Waals surface area contributed by atoms with Gasteiger partial charge in [0.25, 0.3) is 0 Å². The summed E-state index contributed by atoms with van der Waals surface area (Å²) in [4.78, 5) is 21.4. The second-order valence-electron chi connectivity index (χ2n) is 11.2. The van der Waals surface area contributed by atoms with E-state index in [0.29, 0.717) is 25.1 Å². The minimum atomic E-state index is 0.210. The minimum absolute atomic E-state index is 0.210. The third kappa shape index (κ3) is 6.79. The maximum absolute atomic E-state index is 6.14. The van der Waals surface area contributed by atoms with E-state index in [9.17, 15) is 0 Å². The summed E-state index contributed by atoms with van der Waals surface area (Å²) >= 11 is 0. The van der Waals surface area contributed by atoms with E-state index >= 15 is 0 Å². The highest BCUT2D eigenvalue weighted by atomic mass is 16.5. The van der Waals surface area contributed by atoms with Gasteiger partial charge in [-0.2, -0.15) is 0 Å². The van der Waals surface area contributed by atoms with Crippen LogP contribution < -0.4 is 24.8 Å². The number of nitrogens with zero attached hydrogens (tertiary/aromatic N) is 8. The van der Waals surface area contributed by atoms with Crippen molar-refractivity contribution in [1.29, 1.82) is 0 Å². The monoisotopic (exact) mass is 597 g/mol. The second-order valence-corrected chi connectivity index (χ2v) is 11.2. The first-order valence-corrected chi connectivity index (χ1v) is 15.9. The summed E-state index contributed by atoms with van der Waals surface area (Å²) in [6, 6.07) is 12.6. The lowest BCUT2D eigenvalue weighted by Crippen LogP contribution is -2.59. The fraction of sp³-hybridized carbons (Fsp3) is 0.455. The summed E-state index contributed by atoms with van der Waals surface area (Å²) < 4.78 is 14.3. The van der Waals surface area contributed by atoms with Crippen LogP contribution in [-0.4, -0.2) is 80.9 Å². The van der Waals surface area contributed by atoms with Gasteiger partial charge in [0.15, 0.2) is 0 Å². The Morgan fingerprint density at radius 2 is 1.23 bits per heavy atom. The molecule has 11 heteroatoms. The molecule has 0 amide bonds. The van der Waals surface area contributed by atoms with Crippen molar-refractivity contribution in [1.82, 2.24) is 34.7 Å². The lowest BCUT2D eigenvalue weighted by Gasteiger charge is -2.47. The Hall–Kier alpha value is -4.22. The van der Waals surface area contributed by atoms with E-state index in [1.54, 1.807) is 0 Å². The van der Waals surface area contributed by atoms with Crippen molar-refractivity contribution < 1.29 is 9.47 Å². The van der Waals surface area contributed by atoms with E-state index in [-0.39, 0.29) is 12.1 Å². The zero-order valence-corrected chi connectivity index (χ0v) is 25.8. The molecule has 2 aliphatic heterocycles. The Morgan fingerprint density at radius 1 is 0.727 bits per heavy atom. The van der Waals surface area contributed by atoms with Gasteiger partial charge in [-0.25, -0.2) is 30.0 Å². The lowest BCUT2D eigenvalue weighted by atomic mass is 10.0. The summed E-state index contributed by atoms with van der Waals surface area (Å²) in [7, 11) is 0. The average molecular weight is 598 g/mol. The minimum Gasteiger partial charge on any atom is -0.492 e. The van der Waals surface area contributed by atoms with Crippen molar-refractivity contribution in [3.8, 4) is 17.2 Å². The van der Waals surface area contributed by atoms with Gasteiger partial charge in [0.1, 0.15) is 17.2 Å². The van der Waals surface area contributed by atoms with E-state index in [1.807, 2.05) is 75.3 Å². The lowest BCUT2D eigenvalue weighted by molar-refractivity contribution is 0.196. The molecule has 0 atom stereocenters. The molecule has 2 aliphatic rings. The smallest absolute Gasteiger partial charge is 0.244 e. The van der Waals surface area contributed by atoms with Gasteiger partial charge in [-0.05, 0) is 94.6 Å². The van der Waals surface area contributed by atoms with Crippen molar-refractivity contribution in [2.24, 2.45) is 0 Å². The molecule has 5 heterocycles. The molecule has 1 N–H and O–H groups in total. The van der Waals surface area contributed by atoms with Crippen LogP contribution in [0.2, 0.25) is 0 Å². The molecule has 6 rings (SSSR count). The topological polar surface area (TPSA) is 96.7 Å². The van der Waals surface area contributed by atoms with Crippen LogP contribution in [0.25, 0.3) is 5.69 Å². The van der Waals surface area contributed by atoms with Crippen LogP contribution in [0.3, 0.4) is 0 Å². The molecule has 0 unspecified atom stereocenters. The maximum atomic E-state index is 6.14. The number of nitrogens with one attached hydrogen (secondary N) is 1. The third-order valence-corrected chi connectivity index (χ3v) is 8.27. The molecule has 1 aromatic carbocycles. The quantitative estimate of drug-likeness (QED) is 0.235. The Morgan fingerprint density at radius 3 is 1.73 bits per heavy atom. The number of anilines is 2. The molecule has 44 heavy (non-hydrogen) atoms. The SMILES string of the molecule is CCOc1cc(CN2CCC(N(c3ncccn3)N(c3ncccn3)C3CCNCC3)CC2)cc(OCC)c1-n1cccc1.